The van der Waals surface area contributed by atoms with Crippen molar-refractivity contribution in [2.75, 3.05) is 18.2 Å². The van der Waals surface area contributed by atoms with E-state index < -0.39 is 0 Å². The molecule has 0 aliphatic heterocycles. The van der Waals surface area contributed by atoms with Gasteiger partial charge in [-0.25, -0.2) is 0 Å². The van der Waals surface area contributed by atoms with Crippen LogP contribution in [-0.4, -0.2) is 13.0 Å². The lowest BCUT2D eigenvalue weighted by Crippen LogP contribution is -2.07. The van der Waals surface area contributed by atoms with Gasteiger partial charge < -0.3 is 15.8 Å². The summed E-state index contributed by atoms with van der Waals surface area (Å²) in [5, 5.41) is 3.17. The number of rotatable bonds is 4. The number of nitrogen functional groups attached to an aromatic ring is 1. The fraction of sp³-hybridized carbons (Fsp3) is 0.0625. The summed E-state index contributed by atoms with van der Waals surface area (Å²) in [5.41, 5.74) is 7.78. The topological polar surface area (TPSA) is 64.3 Å². The van der Waals surface area contributed by atoms with Crippen molar-refractivity contribution in [3.8, 4) is 5.75 Å². The average Bonchev–Trinajstić information content (AvgIpc) is 2.47. The number of carbonyl (C=O) groups is 1. The molecule has 21 heavy (non-hydrogen) atoms. The van der Waals surface area contributed by atoms with Crippen molar-refractivity contribution in [1.29, 1.82) is 0 Å². The van der Waals surface area contributed by atoms with Crippen LogP contribution < -0.4 is 15.8 Å². The van der Waals surface area contributed by atoms with Gasteiger partial charge in [-0.15, -0.1) is 0 Å². The molecule has 0 radical (unpaired) electrons. The molecule has 2 rings (SSSR count). The molecule has 0 heterocycles. The summed E-state index contributed by atoms with van der Waals surface area (Å²) in [6.07, 6.45) is 3.16. The molecule has 3 N–H and O–H groups in total. The SMILES string of the molecule is COc1ccc(NC(=O)/C=C/c2ccc(N)cc2)cc1Cl. The lowest BCUT2D eigenvalue weighted by molar-refractivity contribution is -0.111. The summed E-state index contributed by atoms with van der Waals surface area (Å²) < 4.78 is 5.05. The van der Waals surface area contributed by atoms with E-state index in [9.17, 15) is 4.79 Å². The van der Waals surface area contributed by atoms with E-state index >= 15 is 0 Å². The molecular formula is C16H15ClN2O2. The number of carbonyl (C=O) groups excluding carboxylic acids is 1. The quantitative estimate of drug-likeness (QED) is 0.670. The number of benzene rings is 2. The van der Waals surface area contributed by atoms with Crippen LogP contribution in [0.4, 0.5) is 11.4 Å². The van der Waals surface area contributed by atoms with Gasteiger partial charge in [0.05, 0.1) is 12.1 Å². The zero-order valence-corrected chi connectivity index (χ0v) is 12.2. The molecular weight excluding hydrogens is 288 g/mol. The molecule has 0 spiro atoms. The van der Waals surface area contributed by atoms with Crippen molar-refractivity contribution < 1.29 is 9.53 Å². The van der Waals surface area contributed by atoms with Crippen LogP contribution in [0, 0.1) is 0 Å². The Morgan fingerprint density at radius 2 is 1.95 bits per heavy atom. The van der Waals surface area contributed by atoms with E-state index in [4.69, 9.17) is 22.1 Å². The lowest BCUT2D eigenvalue weighted by Gasteiger charge is -2.06. The van der Waals surface area contributed by atoms with Crippen molar-refractivity contribution in [3.05, 3.63) is 59.1 Å². The van der Waals surface area contributed by atoms with Crippen LogP contribution in [0.1, 0.15) is 5.56 Å². The van der Waals surface area contributed by atoms with Crippen LogP contribution >= 0.6 is 11.6 Å². The van der Waals surface area contributed by atoms with E-state index in [0.29, 0.717) is 22.1 Å². The van der Waals surface area contributed by atoms with E-state index in [-0.39, 0.29) is 5.91 Å². The largest absolute Gasteiger partial charge is 0.495 e. The van der Waals surface area contributed by atoms with Crippen molar-refractivity contribution in [3.63, 3.8) is 0 Å². The van der Waals surface area contributed by atoms with Crippen molar-refractivity contribution in [2.24, 2.45) is 0 Å². The van der Waals surface area contributed by atoms with Gasteiger partial charge in [-0.2, -0.15) is 0 Å². The van der Waals surface area contributed by atoms with Gasteiger partial charge in [0.2, 0.25) is 5.91 Å². The predicted molar refractivity (Wildman–Crippen MR) is 86.5 cm³/mol. The molecule has 2 aromatic rings. The Morgan fingerprint density at radius 3 is 2.57 bits per heavy atom. The molecule has 0 bridgehead atoms. The van der Waals surface area contributed by atoms with E-state index in [1.807, 2.05) is 12.1 Å². The molecule has 1 amide bonds. The first-order valence-corrected chi connectivity index (χ1v) is 6.64. The molecule has 0 fully saturated rings. The molecule has 0 unspecified atom stereocenters. The number of hydrogen-bond donors (Lipinski definition) is 2. The van der Waals surface area contributed by atoms with E-state index in [0.717, 1.165) is 5.56 Å². The number of ether oxygens (including phenoxy) is 1. The minimum atomic E-state index is -0.243. The number of halogens is 1. The lowest BCUT2D eigenvalue weighted by atomic mass is 10.2. The molecule has 0 saturated carbocycles. The summed E-state index contributed by atoms with van der Waals surface area (Å²) >= 11 is 5.99. The summed E-state index contributed by atoms with van der Waals surface area (Å²) in [6.45, 7) is 0. The van der Waals surface area contributed by atoms with Crippen LogP contribution in [-0.2, 0) is 4.79 Å². The maximum Gasteiger partial charge on any atom is 0.248 e. The summed E-state index contributed by atoms with van der Waals surface area (Å²) in [5.74, 6) is 0.320. The molecule has 4 nitrogen and oxygen atoms in total. The molecule has 0 aliphatic rings. The van der Waals surface area contributed by atoms with Crippen LogP contribution in [0.2, 0.25) is 5.02 Å². The van der Waals surface area contributed by atoms with Gasteiger partial charge in [0, 0.05) is 17.5 Å². The highest BCUT2D eigenvalue weighted by Crippen LogP contribution is 2.27. The summed E-state index contributed by atoms with van der Waals surface area (Å²) in [4.78, 5) is 11.8. The van der Waals surface area contributed by atoms with Gasteiger partial charge in [-0.05, 0) is 42.0 Å². The highest BCUT2D eigenvalue weighted by Gasteiger charge is 2.03. The van der Waals surface area contributed by atoms with E-state index in [1.165, 1.54) is 13.2 Å². The molecule has 0 aliphatic carbocycles. The Labute approximate surface area is 128 Å². The normalized spacial score (nSPS) is 10.6. The standard InChI is InChI=1S/C16H15ClN2O2/c1-21-15-8-7-13(10-14(15)17)19-16(20)9-4-11-2-5-12(18)6-3-11/h2-10H,18H2,1H3,(H,19,20)/b9-4+. The molecule has 108 valence electrons. The highest BCUT2D eigenvalue weighted by atomic mass is 35.5. The number of nitrogens with two attached hydrogens (primary N) is 1. The second-order valence-electron chi connectivity index (χ2n) is 4.34. The zero-order valence-electron chi connectivity index (χ0n) is 11.5. The van der Waals surface area contributed by atoms with Crippen LogP contribution in [0.3, 0.4) is 0 Å². The number of anilines is 2. The summed E-state index contributed by atoms with van der Waals surface area (Å²) in [6, 6.07) is 12.3. The van der Waals surface area contributed by atoms with Crippen LogP contribution in [0.25, 0.3) is 6.08 Å². The molecule has 0 atom stereocenters. The van der Waals surface area contributed by atoms with E-state index in [2.05, 4.69) is 5.32 Å². The van der Waals surface area contributed by atoms with Crippen molar-refractivity contribution in [2.45, 2.75) is 0 Å². The third-order valence-electron chi connectivity index (χ3n) is 2.78. The number of hydrogen-bond acceptors (Lipinski definition) is 3. The van der Waals surface area contributed by atoms with Crippen LogP contribution in [0.5, 0.6) is 5.75 Å². The van der Waals surface area contributed by atoms with Gasteiger partial charge in [-0.3, -0.25) is 4.79 Å². The Kier molecular flexibility index (Phi) is 4.85. The average molecular weight is 303 g/mol. The second-order valence-corrected chi connectivity index (χ2v) is 4.75. The van der Waals surface area contributed by atoms with Gasteiger partial charge >= 0.3 is 0 Å². The minimum absolute atomic E-state index is 0.243. The van der Waals surface area contributed by atoms with Gasteiger partial charge in [-0.1, -0.05) is 23.7 Å². The Balaban J connectivity index is 2.01. The maximum absolute atomic E-state index is 11.8. The number of methoxy groups -OCH3 is 1. The fourth-order valence-electron chi connectivity index (χ4n) is 1.71. The Morgan fingerprint density at radius 1 is 1.24 bits per heavy atom. The number of amides is 1. The molecule has 0 saturated heterocycles. The third-order valence-corrected chi connectivity index (χ3v) is 3.08. The zero-order chi connectivity index (χ0) is 15.2. The van der Waals surface area contributed by atoms with Crippen LogP contribution in [0.15, 0.2) is 48.5 Å². The van der Waals surface area contributed by atoms with E-state index in [1.54, 1.807) is 36.4 Å². The first kappa shape index (κ1) is 14.9. The maximum atomic E-state index is 11.8. The Hall–Kier alpha value is -2.46. The first-order valence-electron chi connectivity index (χ1n) is 6.26. The smallest absolute Gasteiger partial charge is 0.248 e. The first-order chi connectivity index (χ1) is 10.1. The monoisotopic (exact) mass is 302 g/mol. The molecule has 0 aromatic heterocycles. The van der Waals surface area contributed by atoms with Gasteiger partial charge in [0.15, 0.2) is 0 Å². The summed E-state index contributed by atoms with van der Waals surface area (Å²) in [7, 11) is 1.54. The molecule has 2 aromatic carbocycles. The highest BCUT2D eigenvalue weighted by molar-refractivity contribution is 6.32. The molecule has 5 heteroatoms. The van der Waals surface area contributed by atoms with Crippen molar-refractivity contribution >= 4 is 35.0 Å². The van der Waals surface area contributed by atoms with Crippen molar-refractivity contribution in [1.82, 2.24) is 0 Å². The van der Waals surface area contributed by atoms with Gasteiger partial charge in [0.1, 0.15) is 5.75 Å². The number of nitrogens with one attached hydrogen (secondary N) is 1. The predicted octanol–water partition coefficient (Wildman–Crippen LogP) is 3.58. The minimum Gasteiger partial charge on any atom is -0.495 e. The third kappa shape index (κ3) is 4.26. The van der Waals surface area contributed by atoms with Gasteiger partial charge in [0.25, 0.3) is 0 Å². The Bertz CT molecular complexity index is 666. The second kappa shape index (κ2) is 6.81. The fourth-order valence-corrected chi connectivity index (χ4v) is 1.96.